The maximum atomic E-state index is 14.1. The van der Waals surface area contributed by atoms with Gasteiger partial charge in [-0.3, -0.25) is 4.90 Å². The van der Waals surface area contributed by atoms with Crippen LogP contribution < -0.4 is 5.32 Å². The fraction of sp³-hybridized carbons (Fsp3) is 0.571. The summed E-state index contributed by atoms with van der Waals surface area (Å²) in [4.78, 5) is 1.68. The second-order valence-corrected chi connectivity index (χ2v) is 5.68. The quantitative estimate of drug-likeness (QED) is 0.714. The van der Waals surface area contributed by atoms with Crippen LogP contribution in [0, 0.1) is 11.6 Å². The van der Waals surface area contributed by atoms with Crippen molar-refractivity contribution in [3.63, 3.8) is 0 Å². The van der Waals surface area contributed by atoms with E-state index in [0.717, 1.165) is 12.1 Å². The van der Waals surface area contributed by atoms with E-state index >= 15 is 0 Å². The van der Waals surface area contributed by atoms with Crippen LogP contribution in [-0.4, -0.2) is 37.3 Å². The summed E-state index contributed by atoms with van der Waals surface area (Å²) in [7, 11) is 0. The van der Waals surface area contributed by atoms with Crippen LogP contribution in [0.4, 0.5) is 22.0 Å². The van der Waals surface area contributed by atoms with Gasteiger partial charge >= 0.3 is 6.18 Å². The number of nitrogens with zero attached hydrogens (tertiary/aromatic N) is 1. The monoisotopic (exact) mass is 414 g/mol. The fourth-order valence-corrected chi connectivity index (χ4v) is 2.87. The van der Waals surface area contributed by atoms with Gasteiger partial charge in [0.25, 0.3) is 0 Å². The van der Waals surface area contributed by atoms with E-state index < -0.39 is 30.3 Å². The minimum atomic E-state index is -4.37. The molecule has 1 atom stereocenters. The molecule has 1 fully saturated rings. The van der Waals surface area contributed by atoms with Crippen LogP contribution in [0.2, 0.25) is 5.02 Å². The lowest BCUT2D eigenvalue weighted by atomic mass is 9.98. The normalized spacial score (nSPS) is 16.9. The molecule has 24 heavy (non-hydrogen) atoms. The number of benzene rings is 1. The van der Waals surface area contributed by atoms with Gasteiger partial charge in [0.05, 0.1) is 0 Å². The molecule has 0 bridgehead atoms. The molecule has 1 aromatic rings. The van der Waals surface area contributed by atoms with Crippen molar-refractivity contribution in [3.05, 3.63) is 34.4 Å². The third-order valence-corrected chi connectivity index (χ3v) is 3.89. The van der Waals surface area contributed by atoms with E-state index in [0.29, 0.717) is 26.2 Å². The first-order valence-corrected chi connectivity index (χ1v) is 7.31. The van der Waals surface area contributed by atoms with Gasteiger partial charge in [-0.15, -0.1) is 24.8 Å². The lowest BCUT2D eigenvalue weighted by Gasteiger charge is -2.35. The lowest BCUT2D eigenvalue weighted by Crippen LogP contribution is -2.45. The van der Waals surface area contributed by atoms with Gasteiger partial charge in [0.15, 0.2) is 0 Å². The summed E-state index contributed by atoms with van der Waals surface area (Å²) >= 11 is 5.58. The lowest BCUT2D eigenvalue weighted by molar-refractivity contribution is -0.138. The van der Waals surface area contributed by atoms with Crippen molar-refractivity contribution >= 4 is 36.4 Å². The molecule has 0 spiro atoms. The number of rotatable bonds is 4. The summed E-state index contributed by atoms with van der Waals surface area (Å²) in [6.45, 7) is 2.01. The van der Waals surface area contributed by atoms with Gasteiger partial charge in [-0.2, -0.15) is 13.2 Å². The molecule has 1 aliphatic rings. The Morgan fingerprint density at radius 2 is 1.58 bits per heavy atom. The second kappa shape index (κ2) is 9.97. The first-order chi connectivity index (χ1) is 10.3. The van der Waals surface area contributed by atoms with E-state index in [1.165, 1.54) is 0 Å². The molecule has 1 saturated heterocycles. The Hall–Kier alpha value is -0.340. The molecule has 0 aromatic heterocycles. The predicted octanol–water partition coefficient (Wildman–Crippen LogP) is 4.75. The summed E-state index contributed by atoms with van der Waals surface area (Å²) in [6, 6.07) is 0.909. The van der Waals surface area contributed by atoms with Crippen LogP contribution in [0.1, 0.15) is 24.4 Å². The largest absolute Gasteiger partial charge is 0.389 e. The number of piperazine rings is 1. The Labute approximate surface area is 154 Å². The van der Waals surface area contributed by atoms with Gasteiger partial charge in [-0.05, 0) is 18.6 Å². The van der Waals surface area contributed by atoms with E-state index in [4.69, 9.17) is 11.6 Å². The smallest absolute Gasteiger partial charge is 0.314 e. The standard InChI is InChI=1S/C14H16ClF5N2.2ClH/c15-9-7-10(16)13(11(17)8-9)12(1-2-14(18,19)20)22-5-3-21-4-6-22;;/h7-8,12,21H,1-6H2;2*1H/t12-;;/m0../s1. The highest BCUT2D eigenvalue weighted by Gasteiger charge is 2.33. The van der Waals surface area contributed by atoms with Crippen molar-refractivity contribution in [2.75, 3.05) is 26.2 Å². The number of nitrogens with one attached hydrogen (secondary N) is 1. The molecular formula is C14H18Cl3F5N2. The Morgan fingerprint density at radius 3 is 2.04 bits per heavy atom. The summed E-state index contributed by atoms with van der Waals surface area (Å²) in [6.07, 6.45) is -5.85. The van der Waals surface area contributed by atoms with Gasteiger partial charge in [-0.25, -0.2) is 8.78 Å². The Morgan fingerprint density at radius 1 is 1.08 bits per heavy atom. The van der Waals surface area contributed by atoms with Crippen molar-refractivity contribution < 1.29 is 22.0 Å². The molecule has 1 heterocycles. The summed E-state index contributed by atoms with van der Waals surface area (Å²) in [5.41, 5.74) is -0.337. The van der Waals surface area contributed by atoms with Gasteiger partial charge < -0.3 is 5.32 Å². The molecule has 0 saturated carbocycles. The van der Waals surface area contributed by atoms with Crippen molar-refractivity contribution in [2.45, 2.75) is 25.1 Å². The highest BCUT2D eigenvalue weighted by atomic mass is 35.5. The molecule has 1 aliphatic heterocycles. The van der Waals surface area contributed by atoms with Gasteiger partial charge in [0.2, 0.25) is 0 Å². The van der Waals surface area contributed by atoms with Crippen LogP contribution in [0.3, 0.4) is 0 Å². The van der Waals surface area contributed by atoms with Gasteiger partial charge in [0.1, 0.15) is 11.6 Å². The second-order valence-electron chi connectivity index (χ2n) is 5.24. The average molecular weight is 416 g/mol. The Balaban J connectivity index is 0.00000264. The van der Waals surface area contributed by atoms with E-state index in [-0.39, 0.29) is 41.8 Å². The number of hydrogen-bond donors (Lipinski definition) is 1. The molecule has 0 aliphatic carbocycles. The first kappa shape index (κ1) is 23.7. The van der Waals surface area contributed by atoms with E-state index in [9.17, 15) is 22.0 Å². The fourth-order valence-electron chi connectivity index (χ4n) is 2.68. The summed E-state index contributed by atoms with van der Waals surface area (Å²) in [5, 5.41) is 2.94. The van der Waals surface area contributed by atoms with Crippen LogP contribution >= 0.6 is 36.4 Å². The van der Waals surface area contributed by atoms with E-state index in [1.54, 1.807) is 4.90 Å². The average Bonchev–Trinajstić information content (AvgIpc) is 2.41. The molecule has 0 unspecified atom stereocenters. The topological polar surface area (TPSA) is 15.3 Å². The van der Waals surface area contributed by atoms with E-state index in [1.807, 2.05) is 0 Å². The number of hydrogen-bond acceptors (Lipinski definition) is 2. The van der Waals surface area contributed by atoms with Crippen LogP contribution in [0.15, 0.2) is 12.1 Å². The van der Waals surface area contributed by atoms with Gasteiger partial charge in [-0.1, -0.05) is 11.6 Å². The van der Waals surface area contributed by atoms with Crippen molar-refractivity contribution in [1.29, 1.82) is 0 Å². The van der Waals surface area contributed by atoms with Crippen molar-refractivity contribution in [3.8, 4) is 0 Å². The SMILES string of the molecule is Cl.Cl.Fc1cc(Cl)cc(F)c1[C@H](CCC(F)(F)F)N1CCNCC1. The molecule has 0 amide bonds. The zero-order valence-corrected chi connectivity index (χ0v) is 14.9. The van der Waals surface area contributed by atoms with Crippen LogP contribution in [0.25, 0.3) is 0 Å². The summed E-state index contributed by atoms with van der Waals surface area (Å²) < 4.78 is 65.8. The zero-order valence-electron chi connectivity index (χ0n) is 12.5. The first-order valence-electron chi connectivity index (χ1n) is 6.94. The number of alkyl halides is 3. The molecule has 140 valence electrons. The van der Waals surface area contributed by atoms with Crippen molar-refractivity contribution in [1.82, 2.24) is 10.2 Å². The Kier molecular flexibility index (Phi) is 9.83. The highest BCUT2D eigenvalue weighted by Crippen LogP contribution is 2.35. The third kappa shape index (κ3) is 6.52. The zero-order chi connectivity index (χ0) is 16.3. The molecular weight excluding hydrogens is 398 g/mol. The third-order valence-electron chi connectivity index (χ3n) is 3.67. The predicted molar refractivity (Wildman–Crippen MR) is 88.3 cm³/mol. The maximum absolute atomic E-state index is 14.1. The minimum Gasteiger partial charge on any atom is -0.314 e. The maximum Gasteiger partial charge on any atom is 0.389 e. The van der Waals surface area contributed by atoms with Crippen molar-refractivity contribution in [2.24, 2.45) is 0 Å². The highest BCUT2D eigenvalue weighted by molar-refractivity contribution is 6.30. The van der Waals surface area contributed by atoms with Crippen LogP contribution in [-0.2, 0) is 0 Å². The molecule has 10 heteroatoms. The molecule has 0 radical (unpaired) electrons. The van der Waals surface area contributed by atoms with Crippen LogP contribution in [0.5, 0.6) is 0 Å². The van der Waals surface area contributed by atoms with E-state index in [2.05, 4.69) is 5.32 Å². The molecule has 2 rings (SSSR count). The van der Waals surface area contributed by atoms with Gasteiger partial charge in [0, 0.05) is 49.2 Å². The molecule has 2 nitrogen and oxygen atoms in total. The Bertz CT molecular complexity index is 499. The molecule has 1 N–H and O–H groups in total. The molecule has 1 aromatic carbocycles. The number of halogens is 8. The minimum absolute atomic E-state index is 0. The summed E-state index contributed by atoms with van der Waals surface area (Å²) in [5.74, 6) is -1.81.